The molecule has 0 saturated carbocycles. The lowest BCUT2D eigenvalue weighted by atomic mass is 9.95. The fourth-order valence-electron chi connectivity index (χ4n) is 1.55. The van der Waals surface area contributed by atoms with Gasteiger partial charge in [0.15, 0.2) is 0 Å². The van der Waals surface area contributed by atoms with Gasteiger partial charge in [0.05, 0.1) is 5.25 Å². The molecule has 6 nitrogen and oxygen atoms in total. The molecule has 80 valence electrons. The number of rotatable bonds is 3. The highest BCUT2D eigenvalue weighted by atomic mass is 32.2. The van der Waals surface area contributed by atoms with Crippen LogP contribution in [0.1, 0.15) is 0 Å². The van der Waals surface area contributed by atoms with Crippen LogP contribution in [0.2, 0.25) is 0 Å². The van der Waals surface area contributed by atoms with Crippen LogP contribution in [0.25, 0.3) is 0 Å². The van der Waals surface area contributed by atoms with Gasteiger partial charge in [-0.3, -0.25) is 0 Å². The van der Waals surface area contributed by atoms with Crippen molar-refractivity contribution in [2.75, 3.05) is 6.61 Å². The summed E-state index contributed by atoms with van der Waals surface area (Å²) in [6.45, 7) is -0.117. The van der Waals surface area contributed by atoms with E-state index in [1.54, 1.807) is 0 Å². The van der Waals surface area contributed by atoms with E-state index in [0.717, 1.165) is 11.8 Å². The van der Waals surface area contributed by atoms with Crippen LogP contribution in [-0.4, -0.2) is 48.1 Å². The highest BCUT2D eigenvalue weighted by Gasteiger charge is 2.51. The average Bonchev–Trinajstić information content (AvgIpc) is 2.64. The fourth-order valence-corrected chi connectivity index (χ4v) is 2.78. The summed E-state index contributed by atoms with van der Waals surface area (Å²) >= 11 is 0.980. The summed E-state index contributed by atoms with van der Waals surface area (Å²) in [6.07, 6.45) is -1.07. The molecule has 0 aliphatic carbocycles. The third-order valence-electron chi connectivity index (χ3n) is 2.16. The van der Waals surface area contributed by atoms with Gasteiger partial charge in [0, 0.05) is 10.6 Å². The quantitative estimate of drug-likeness (QED) is 0.433. The topological polar surface area (TPSA) is 82.1 Å². The second-order valence-corrected chi connectivity index (χ2v) is 4.93. The van der Waals surface area contributed by atoms with Crippen LogP contribution in [0.4, 0.5) is 4.79 Å². The molecular weight excluding hydrogens is 242 g/mol. The minimum atomic E-state index is -2.68. The monoisotopic (exact) mass is 249 g/mol. The summed E-state index contributed by atoms with van der Waals surface area (Å²) in [6, 6.07) is -0.614. The first-order valence-corrected chi connectivity index (χ1v) is 6.16. The smallest absolute Gasteiger partial charge is 0.450 e. The molecule has 2 aliphatic heterocycles. The van der Waals surface area contributed by atoms with Crippen molar-refractivity contribution in [2.45, 2.75) is 23.5 Å². The Morgan fingerprint density at radius 3 is 3.07 bits per heavy atom. The first-order valence-electron chi connectivity index (χ1n) is 4.15. The Morgan fingerprint density at radius 2 is 2.40 bits per heavy atom. The first kappa shape index (κ1) is 11.4. The van der Waals surface area contributed by atoms with Crippen molar-refractivity contribution in [3.63, 3.8) is 0 Å². The van der Waals surface area contributed by atoms with E-state index in [0.29, 0.717) is 0 Å². The zero-order valence-electron chi connectivity index (χ0n) is 7.44. The molecule has 2 saturated heterocycles. The molecule has 0 amide bonds. The van der Waals surface area contributed by atoms with Crippen molar-refractivity contribution in [1.82, 2.24) is 0 Å². The Morgan fingerprint density at radius 1 is 1.67 bits per heavy atom. The van der Waals surface area contributed by atoms with Crippen LogP contribution >= 0.6 is 20.0 Å². The number of hydrogen-bond acceptors (Lipinski definition) is 6. The summed E-state index contributed by atoms with van der Waals surface area (Å²) < 4.78 is 25.0. The van der Waals surface area contributed by atoms with Crippen molar-refractivity contribution in [3.8, 4) is 0 Å². The summed E-state index contributed by atoms with van der Waals surface area (Å²) in [7, 11) is 2.93. The maximum atomic E-state index is 11.0. The number of ether oxygens (including phenoxy) is 2. The van der Waals surface area contributed by atoms with Gasteiger partial charge in [-0.1, -0.05) is 0 Å². The van der Waals surface area contributed by atoms with E-state index in [1.807, 2.05) is 0 Å². The second-order valence-electron chi connectivity index (χ2n) is 3.09. The van der Waals surface area contributed by atoms with E-state index >= 15 is 0 Å². The lowest BCUT2D eigenvalue weighted by molar-refractivity contribution is 0.000580. The summed E-state index contributed by atoms with van der Waals surface area (Å²) in [5.74, 6) is 0. The Kier molecular flexibility index (Phi) is 3.32. The Bertz CT molecular complexity index is 301. The number of fused-ring (bicyclic) bond motifs is 1. The van der Waals surface area contributed by atoms with E-state index in [-0.39, 0.29) is 11.9 Å². The van der Waals surface area contributed by atoms with Crippen LogP contribution < -0.4 is 0 Å². The standard InChI is InChI=1S/C6H6BO6PS/c7-5-4-3(13-6(8)15-4)2(12-5)1-11-14(9)10/h2-5H,1H2/p+1. The molecule has 0 aromatic rings. The van der Waals surface area contributed by atoms with Gasteiger partial charge in [-0.2, -0.15) is 0 Å². The maximum absolute atomic E-state index is 11.0. The van der Waals surface area contributed by atoms with Crippen molar-refractivity contribution >= 4 is 33.2 Å². The number of carbonyl (C=O) groups excluding carboxylic acids is 1. The van der Waals surface area contributed by atoms with E-state index in [4.69, 9.17) is 22.2 Å². The van der Waals surface area contributed by atoms with Gasteiger partial charge in [0.2, 0.25) is 0 Å². The molecule has 5 atom stereocenters. The molecule has 0 spiro atoms. The summed E-state index contributed by atoms with van der Waals surface area (Å²) in [5.41, 5.74) is 0. The highest BCUT2D eigenvalue weighted by Crippen LogP contribution is 2.39. The first-order chi connectivity index (χ1) is 7.08. The lowest BCUT2D eigenvalue weighted by Gasteiger charge is -2.12. The zero-order chi connectivity index (χ0) is 11.0. The van der Waals surface area contributed by atoms with Gasteiger partial charge >= 0.3 is 13.6 Å². The van der Waals surface area contributed by atoms with E-state index in [1.165, 1.54) is 0 Å². The second kappa shape index (κ2) is 4.39. The van der Waals surface area contributed by atoms with Gasteiger partial charge in [-0.25, -0.2) is 4.79 Å². The predicted molar refractivity (Wildman–Crippen MR) is 51.8 cm³/mol. The Labute approximate surface area is 92.0 Å². The molecule has 2 heterocycles. The molecule has 2 fully saturated rings. The maximum Gasteiger partial charge on any atom is 0.694 e. The molecule has 2 aliphatic rings. The van der Waals surface area contributed by atoms with Crippen molar-refractivity contribution < 1.29 is 28.3 Å². The zero-order valence-corrected chi connectivity index (χ0v) is 9.15. The van der Waals surface area contributed by atoms with E-state index in [9.17, 15) is 9.36 Å². The van der Waals surface area contributed by atoms with Gasteiger partial charge in [-0.15, -0.1) is 9.42 Å². The Balaban J connectivity index is 1.96. The Hall–Kier alpha value is -0.135. The number of carbonyl (C=O) groups is 1. The molecule has 9 heteroatoms. The SMILES string of the molecule is [B]C1OC(CO[P+](=O)O)C2OC(=O)SC12. The molecule has 5 unspecified atom stereocenters. The number of thioether (sulfide) groups is 1. The van der Waals surface area contributed by atoms with Gasteiger partial charge in [-0.05, 0) is 11.8 Å². The molecule has 0 aromatic carbocycles. The van der Waals surface area contributed by atoms with Crippen LogP contribution in [0.5, 0.6) is 0 Å². The van der Waals surface area contributed by atoms with E-state index < -0.39 is 31.8 Å². The van der Waals surface area contributed by atoms with Crippen LogP contribution in [0.3, 0.4) is 0 Å². The molecule has 2 radical (unpaired) electrons. The normalized spacial score (nSPS) is 40.1. The predicted octanol–water partition coefficient (Wildman–Crippen LogP) is 0.167. The van der Waals surface area contributed by atoms with Gasteiger partial charge in [0.1, 0.15) is 26.7 Å². The van der Waals surface area contributed by atoms with Crippen molar-refractivity contribution in [1.29, 1.82) is 0 Å². The summed E-state index contributed by atoms with van der Waals surface area (Å²) in [5, 5.41) is -0.662. The molecule has 1 N–H and O–H groups in total. The van der Waals surface area contributed by atoms with Crippen LogP contribution in [0.15, 0.2) is 0 Å². The minimum absolute atomic E-state index is 0.117. The largest absolute Gasteiger partial charge is 0.694 e. The van der Waals surface area contributed by atoms with E-state index in [2.05, 4.69) is 4.52 Å². The van der Waals surface area contributed by atoms with Crippen LogP contribution in [0, 0.1) is 0 Å². The van der Waals surface area contributed by atoms with Crippen molar-refractivity contribution in [3.05, 3.63) is 0 Å². The third-order valence-corrected chi connectivity index (χ3v) is 3.63. The number of hydrogen-bond donors (Lipinski definition) is 1. The lowest BCUT2D eigenvalue weighted by Crippen LogP contribution is -2.30. The average molecular weight is 249 g/mol. The van der Waals surface area contributed by atoms with Gasteiger partial charge < -0.3 is 9.47 Å². The minimum Gasteiger partial charge on any atom is -0.450 e. The molecule has 0 bridgehead atoms. The molecule has 15 heavy (non-hydrogen) atoms. The third kappa shape index (κ3) is 2.34. The van der Waals surface area contributed by atoms with Gasteiger partial charge in [0.25, 0.3) is 0 Å². The highest BCUT2D eigenvalue weighted by molar-refractivity contribution is 8.14. The van der Waals surface area contributed by atoms with Crippen LogP contribution in [-0.2, 0) is 18.6 Å². The fraction of sp³-hybridized carbons (Fsp3) is 0.833. The summed E-state index contributed by atoms with van der Waals surface area (Å²) in [4.78, 5) is 19.4. The molecule has 0 aromatic heterocycles. The van der Waals surface area contributed by atoms with Crippen molar-refractivity contribution in [2.24, 2.45) is 0 Å². The molecule has 2 rings (SSSR count). The molecular formula is C6H7BO6PS+.